The molecule has 16 heavy (non-hydrogen) atoms. The smallest absolute Gasteiger partial charge is 0.128 e. The Kier molecular flexibility index (Phi) is 3.47. The number of nitrogens with zero attached hydrogens (tertiary/aromatic N) is 1. The van der Waals surface area contributed by atoms with Crippen LogP contribution in [0.15, 0.2) is 18.2 Å². The Labute approximate surface area is 97.3 Å². The molecule has 1 aromatic carbocycles. The molecule has 1 heterocycles. The van der Waals surface area contributed by atoms with Crippen LogP contribution in [0.4, 0.5) is 10.1 Å². The minimum absolute atomic E-state index is 0.0869. The van der Waals surface area contributed by atoms with Gasteiger partial charge in [0.15, 0.2) is 0 Å². The molecule has 0 spiro atoms. The Hall–Kier alpha value is -1.05. The van der Waals surface area contributed by atoms with Crippen LogP contribution in [0.5, 0.6) is 0 Å². The molecule has 0 radical (unpaired) electrons. The van der Waals surface area contributed by atoms with Gasteiger partial charge in [-0.2, -0.15) is 0 Å². The van der Waals surface area contributed by atoms with Crippen molar-refractivity contribution in [2.45, 2.75) is 33.1 Å². The van der Waals surface area contributed by atoms with Gasteiger partial charge >= 0.3 is 0 Å². The van der Waals surface area contributed by atoms with Gasteiger partial charge in [-0.1, -0.05) is 19.4 Å². The second-order valence-electron chi connectivity index (χ2n) is 4.75. The van der Waals surface area contributed by atoms with E-state index in [1.165, 1.54) is 19.3 Å². The number of hydrogen-bond acceptors (Lipinski definition) is 1. The zero-order valence-corrected chi connectivity index (χ0v) is 10.2. The molecule has 1 unspecified atom stereocenters. The van der Waals surface area contributed by atoms with E-state index in [-0.39, 0.29) is 5.82 Å². The summed E-state index contributed by atoms with van der Waals surface area (Å²) in [5.41, 5.74) is 1.87. The highest BCUT2D eigenvalue weighted by Gasteiger charge is 2.20. The van der Waals surface area contributed by atoms with Crippen molar-refractivity contribution in [2.24, 2.45) is 5.92 Å². The van der Waals surface area contributed by atoms with Crippen molar-refractivity contribution in [2.75, 3.05) is 18.0 Å². The maximum atomic E-state index is 13.5. The van der Waals surface area contributed by atoms with Gasteiger partial charge in [0.1, 0.15) is 5.82 Å². The predicted octanol–water partition coefficient (Wildman–Crippen LogP) is 3.76. The third-order valence-electron chi connectivity index (χ3n) is 3.68. The summed E-state index contributed by atoms with van der Waals surface area (Å²) in [6, 6.07) is 5.39. The number of rotatable bonds is 2. The molecule has 0 N–H and O–H groups in total. The molecule has 1 aromatic rings. The second kappa shape index (κ2) is 4.86. The van der Waals surface area contributed by atoms with Crippen molar-refractivity contribution in [1.82, 2.24) is 0 Å². The summed E-state index contributed by atoms with van der Waals surface area (Å²) in [4.78, 5) is 2.34. The summed E-state index contributed by atoms with van der Waals surface area (Å²) in [5, 5.41) is 0. The fraction of sp³-hybridized carbons (Fsp3) is 0.571. The third-order valence-corrected chi connectivity index (χ3v) is 3.68. The molecule has 1 saturated heterocycles. The van der Waals surface area contributed by atoms with Crippen LogP contribution in [0.25, 0.3) is 0 Å². The quantitative estimate of drug-likeness (QED) is 0.735. The Bertz CT molecular complexity index is 362. The molecule has 2 heteroatoms. The van der Waals surface area contributed by atoms with E-state index in [2.05, 4.69) is 11.8 Å². The molecule has 0 saturated carbocycles. The van der Waals surface area contributed by atoms with Crippen LogP contribution in [0, 0.1) is 18.7 Å². The molecule has 1 aliphatic rings. The minimum Gasteiger partial charge on any atom is -0.371 e. The largest absolute Gasteiger partial charge is 0.371 e. The van der Waals surface area contributed by atoms with Crippen LogP contribution >= 0.6 is 0 Å². The fourth-order valence-corrected chi connectivity index (χ4v) is 2.56. The molecule has 1 fully saturated rings. The molecule has 1 atom stereocenters. The first-order valence-corrected chi connectivity index (χ1v) is 6.22. The molecule has 0 aliphatic carbocycles. The normalized spacial score (nSPS) is 21.2. The lowest BCUT2D eigenvalue weighted by molar-refractivity contribution is 0.404. The summed E-state index contributed by atoms with van der Waals surface area (Å²) < 4.78 is 13.5. The summed E-state index contributed by atoms with van der Waals surface area (Å²) in [6.45, 7) is 6.27. The van der Waals surface area contributed by atoms with Crippen LogP contribution in [0.1, 0.15) is 31.7 Å². The number of hydrogen-bond donors (Lipinski definition) is 0. The van der Waals surface area contributed by atoms with Gasteiger partial charge < -0.3 is 4.90 Å². The van der Waals surface area contributed by atoms with Gasteiger partial charge in [0.2, 0.25) is 0 Å². The van der Waals surface area contributed by atoms with Gasteiger partial charge in [-0.3, -0.25) is 0 Å². The summed E-state index contributed by atoms with van der Waals surface area (Å²) in [7, 11) is 0. The lowest BCUT2D eigenvalue weighted by atomic mass is 9.95. The summed E-state index contributed by atoms with van der Waals surface area (Å²) in [6.07, 6.45) is 3.78. The van der Waals surface area contributed by atoms with Crippen LogP contribution in [-0.4, -0.2) is 13.1 Å². The van der Waals surface area contributed by atoms with Crippen molar-refractivity contribution in [3.05, 3.63) is 29.6 Å². The van der Waals surface area contributed by atoms with Gasteiger partial charge in [0.05, 0.1) is 0 Å². The maximum absolute atomic E-state index is 13.5. The van der Waals surface area contributed by atoms with E-state index in [1.807, 2.05) is 19.1 Å². The van der Waals surface area contributed by atoms with Gasteiger partial charge in [-0.25, -0.2) is 4.39 Å². The second-order valence-corrected chi connectivity index (χ2v) is 4.75. The van der Waals surface area contributed by atoms with Crippen molar-refractivity contribution in [3.63, 3.8) is 0 Å². The van der Waals surface area contributed by atoms with Gasteiger partial charge in [0, 0.05) is 24.3 Å². The average Bonchev–Trinajstić information content (AvgIpc) is 2.33. The highest BCUT2D eigenvalue weighted by molar-refractivity contribution is 5.53. The summed E-state index contributed by atoms with van der Waals surface area (Å²) in [5.74, 6) is 0.688. The van der Waals surface area contributed by atoms with E-state index < -0.39 is 0 Å². The van der Waals surface area contributed by atoms with E-state index in [0.717, 1.165) is 30.3 Å². The van der Waals surface area contributed by atoms with E-state index in [0.29, 0.717) is 0 Å². The van der Waals surface area contributed by atoms with Crippen molar-refractivity contribution < 1.29 is 4.39 Å². The zero-order valence-electron chi connectivity index (χ0n) is 10.2. The molecule has 0 aromatic heterocycles. The fourth-order valence-electron chi connectivity index (χ4n) is 2.56. The molecule has 1 nitrogen and oxygen atoms in total. The van der Waals surface area contributed by atoms with Gasteiger partial charge in [0.25, 0.3) is 0 Å². The predicted molar refractivity (Wildman–Crippen MR) is 66.4 cm³/mol. The molecule has 1 aliphatic heterocycles. The Morgan fingerprint density at radius 1 is 1.44 bits per heavy atom. The first-order valence-electron chi connectivity index (χ1n) is 6.22. The van der Waals surface area contributed by atoms with Crippen LogP contribution in [0.2, 0.25) is 0 Å². The number of anilines is 1. The molecular formula is C14H20FN. The zero-order chi connectivity index (χ0) is 11.5. The van der Waals surface area contributed by atoms with Gasteiger partial charge in [-0.15, -0.1) is 0 Å². The van der Waals surface area contributed by atoms with E-state index in [9.17, 15) is 4.39 Å². The van der Waals surface area contributed by atoms with Crippen molar-refractivity contribution in [3.8, 4) is 0 Å². The highest BCUT2D eigenvalue weighted by Crippen LogP contribution is 2.28. The van der Waals surface area contributed by atoms with Crippen LogP contribution in [0.3, 0.4) is 0 Å². The van der Waals surface area contributed by atoms with Crippen LogP contribution in [-0.2, 0) is 0 Å². The first-order chi connectivity index (χ1) is 7.72. The van der Waals surface area contributed by atoms with Gasteiger partial charge in [-0.05, 0) is 37.8 Å². The Morgan fingerprint density at radius 2 is 2.25 bits per heavy atom. The Morgan fingerprint density at radius 3 is 3.00 bits per heavy atom. The standard InChI is InChI=1S/C14H20FN/c1-3-12-6-5-9-16(10-12)14-8-4-7-13(15)11(14)2/h4,7-8,12H,3,5-6,9-10H2,1-2H3. The average molecular weight is 221 g/mol. The van der Waals surface area contributed by atoms with E-state index in [1.54, 1.807) is 6.07 Å². The lowest BCUT2D eigenvalue weighted by Gasteiger charge is -2.35. The molecule has 2 rings (SSSR count). The third kappa shape index (κ3) is 2.21. The van der Waals surface area contributed by atoms with Crippen molar-refractivity contribution in [1.29, 1.82) is 0 Å². The highest BCUT2D eigenvalue weighted by atomic mass is 19.1. The first kappa shape index (κ1) is 11.4. The topological polar surface area (TPSA) is 3.24 Å². The van der Waals surface area contributed by atoms with Crippen molar-refractivity contribution >= 4 is 5.69 Å². The number of halogens is 1. The molecule has 88 valence electrons. The van der Waals surface area contributed by atoms with E-state index >= 15 is 0 Å². The molecule has 0 bridgehead atoms. The molecule has 0 amide bonds. The number of piperidine rings is 1. The SMILES string of the molecule is CCC1CCCN(c2cccc(F)c2C)C1. The minimum atomic E-state index is -0.0869. The maximum Gasteiger partial charge on any atom is 0.128 e. The number of benzene rings is 1. The summed E-state index contributed by atoms with van der Waals surface area (Å²) >= 11 is 0. The molecular weight excluding hydrogens is 201 g/mol. The lowest BCUT2D eigenvalue weighted by Crippen LogP contribution is -2.35. The Balaban J connectivity index is 2.20. The van der Waals surface area contributed by atoms with Crippen LogP contribution < -0.4 is 4.90 Å². The van der Waals surface area contributed by atoms with E-state index in [4.69, 9.17) is 0 Å². The monoisotopic (exact) mass is 221 g/mol.